The number of rotatable bonds is 3. The van der Waals surface area contributed by atoms with Crippen molar-refractivity contribution in [2.75, 3.05) is 5.32 Å². The second-order valence-corrected chi connectivity index (χ2v) is 7.18. The summed E-state index contributed by atoms with van der Waals surface area (Å²) in [6.45, 7) is 3.67. The fourth-order valence-electron chi connectivity index (χ4n) is 3.11. The lowest BCUT2D eigenvalue weighted by atomic mass is 10.0. The zero-order chi connectivity index (χ0) is 22.4. The van der Waals surface area contributed by atoms with Crippen molar-refractivity contribution in [3.05, 3.63) is 68.0 Å². The first kappa shape index (κ1) is 21.3. The number of anilines is 1. The Morgan fingerprint density at radius 2 is 1.67 bits per heavy atom. The molecule has 0 spiro atoms. The van der Waals surface area contributed by atoms with Crippen LogP contribution in [0.5, 0.6) is 0 Å². The third-order valence-corrected chi connectivity index (χ3v) is 4.83. The lowest BCUT2D eigenvalue weighted by Crippen LogP contribution is -2.38. The first-order chi connectivity index (χ1) is 13.9. The van der Waals surface area contributed by atoms with E-state index in [1.807, 2.05) is 13.8 Å². The van der Waals surface area contributed by atoms with Crippen LogP contribution in [-0.2, 0) is 20.3 Å². The van der Waals surface area contributed by atoms with Crippen LogP contribution in [0, 0.1) is 0 Å². The van der Waals surface area contributed by atoms with Gasteiger partial charge in [-0.1, -0.05) is 13.8 Å². The predicted octanol–water partition coefficient (Wildman–Crippen LogP) is 3.03. The number of pyridine rings is 1. The van der Waals surface area contributed by atoms with Crippen LogP contribution in [0.1, 0.15) is 41.3 Å². The molecule has 158 valence electrons. The molecule has 3 aromatic rings. The largest absolute Gasteiger partial charge is 0.416 e. The van der Waals surface area contributed by atoms with Crippen molar-refractivity contribution in [3.63, 3.8) is 0 Å². The molecule has 0 aliphatic carbocycles. The SMILES string of the molecule is CC(C)c1cnc2c(c1NC(=O)c1ccc(C(F)(F)F)cc1)c(=O)n(C)c(=O)n2C. The molecule has 0 aliphatic rings. The van der Waals surface area contributed by atoms with Gasteiger partial charge in [-0.2, -0.15) is 13.2 Å². The van der Waals surface area contributed by atoms with E-state index in [1.54, 1.807) is 0 Å². The molecular formula is C20H19F3N4O3. The van der Waals surface area contributed by atoms with Crippen LogP contribution in [-0.4, -0.2) is 20.0 Å². The summed E-state index contributed by atoms with van der Waals surface area (Å²) in [4.78, 5) is 42.0. The van der Waals surface area contributed by atoms with Gasteiger partial charge in [-0.15, -0.1) is 0 Å². The Balaban J connectivity index is 2.17. The Bertz CT molecular complexity index is 1260. The van der Waals surface area contributed by atoms with Gasteiger partial charge in [0.1, 0.15) is 5.39 Å². The fraction of sp³-hybridized carbons (Fsp3) is 0.300. The molecule has 0 aliphatic heterocycles. The van der Waals surface area contributed by atoms with Gasteiger partial charge in [0.25, 0.3) is 11.5 Å². The molecule has 3 rings (SSSR count). The Morgan fingerprint density at radius 1 is 1.07 bits per heavy atom. The molecule has 1 amide bonds. The number of aryl methyl sites for hydroxylation is 1. The number of carbonyl (C=O) groups is 1. The smallest absolute Gasteiger partial charge is 0.321 e. The average molecular weight is 420 g/mol. The summed E-state index contributed by atoms with van der Waals surface area (Å²) in [5.41, 5.74) is -1.27. The first-order valence-corrected chi connectivity index (χ1v) is 9.00. The second kappa shape index (κ2) is 7.43. The van der Waals surface area contributed by atoms with E-state index in [-0.39, 0.29) is 28.2 Å². The molecule has 0 saturated carbocycles. The quantitative estimate of drug-likeness (QED) is 0.706. The molecule has 1 aromatic carbocycles. The number of halogens is 3. The molecule has 0 radical (unpaired) electrons. The second-order valence-electron chi connectivity index (χ2n) is 7.18. The molecule has 2 aromatic heterocycles. The van der Waals surface area contributed by atoms with Gasteiger partial charge < -0.3 is 5.32 Å². The summed E-state index contributed by atoms with van der Waals surface area (Å²) < 4.78 is 40.4. The van der Waals surface area contributed by atoms with Crippen LogP contribution >= 0.6 is 0 Å². The van der Waals surface area contributed by atoms with E-state index < -0.39 is 28.9 Å². The third kappa shape index (κ3) is 3.60. The van der Waals surface area contributed by atoms with E-state index in [1.165, 1.54) is 24.9 Å². The Kier molecular flexibility index (Phi) is 5.27. The minimum atomic E-state index is -4.52. The number of carbonyl (C=O) groups excluding carboxylic acids is 1. The predicted molar refractivity (Wildman–Crippen MR) is 106 cm³/mol. The van der Waals surface area contributed by atoms with Gasteiger partial charge in [0.05, 0.1) is 11.3 Å². The topological polar surface area (TPSA) is 86.0 Å². The third-order valence-electron chi connectivity index (χ3n) is 4.83. The Morgan fingerprint density at radius 3 is 2.20 bits per heavy atom. The molecule has 2 heterocycles. The number of hydrogen-bond acceptors (Lipinski definition) is 4. The summed E-state index contributed by atoms with van der Waals surface area (Å²) in [6.07, 6.45) is -3.05. The van der Waals surface area contributed by atoms with Gasteiger partial charge in [0.2, 0.25) is 0 Å². The van der Waals surface area contributed by atoms with Crippen LogP contribution < -0.4 is 16.6 Å². The maximum Gasteiger partial charge on any atom is 0.416 e. The van der Waals surface area contributed by atoms with Crippen molar-refractivity contribution in [2.24, 2.45) is 14.1 Å². The van der Waals surface area contributed by atoms with E-state index in [4.69, 9.17) is 0 Å². The van der Waals surface area contributed by atoms with Gasteiger partial charge in [-0.3, -0.25) is 18.7 Å². The highest BCUT2D eigenvalue weighted by Gasteiger charge is 2.30. The van der Waals surface area contributed by atoms with Gasteiger partial charge in [0.15, 0.2) is 5.65 Å². The van der Waals surface area contributed by atoms with E-state index in [9.17, 15) is 27.6 Å². The molecule has 30 heavy (non-hydrogen) atoms. The highest BCUT2D eigenvalue weighted by atomic mass is 19.4. The van der Waals surface area contributed by atoms with Crippen molar-refractivity contribution in [2.45, 2.75) is 25.9 Å². The molecule has 0 unspecified atom stereocenters. The molecule has 10 heteroatoms. The Labute approximate surface area is 168 Å². The number of fused-ring (bicyclic) bond motifs is 1. The summed E-state index contributed by atoms with van der Waals surface area (Å²) >= 11 is 0. The number of nitrogens with zero attached hydrogens (tertiary/aromatic N) is 3. The molecule has 0 saturated heterocycles. The van der Waals surface area contributed by atoms with E-state index in [0.717, 1.165) is 28.8 Å². The standard InChI is InChI=1S/C20H19F3N4O3/c1-10(2)13-9-24-16-14(18(29)27(4)19(30)26(16)3)15(13)25-17(28)11-5-7-12(8-6-11)20(21,22)23/h5-10H,1-4H3,(H,24,25,28). The molecule has 7 nitrogen and oxygen atoms in total. The zero-order valence-corrected chi connectivity index (χ0v) is 16.7. The molecular weight excluding hydrogens is 401 g/mol. The molecule has 1 N–H and O–H groups in total. The van der Waals surface area contributed by atoms with Gasteiger partial charge in [-0.05, 0) is 35.7 Å². The van der Waals surface area contributed by atoms with Crippen molar-refractivity contribution >= 4 is 22.6 Å². The van der Waals surface area contributed by atoms with Gasteiger partial charge >= 0.3 is 11.9 Å². The number of nitrogens with one attached hydrogen (secondary N) is 1. The number of aromatic nitrogens is 3. The van der Waals surface area contributed by atoms with E-state index >= 15 is 0 Å². The molecule has 0 bridgehead atoms. The monoisotopic (exact) mass is 420 g/mol. The maximum atomic E-state index is 12.8. The van der Waals surface area contributed by atoms with Gasteiger partial charge in [0, 0.05) is 25.9 Å². The van der Waals surface area contributed by atoms with Crippen molar-refractivity contribution in [1.29, 1.82) is 0 Å². The summed E-state index contributed by atoms with van der Waals surface area (Å²) in [5, 5.41) is 2.68. The van der Waals surface area contributed by atoms with Crippen LogP contribution in [0.3, 0.4) is 0 Å². The molecule has 0 fully saturated rings. The highest BCUT2D eigenvalue weighted by Crippen LogP contribution is 2.31. The van der Waals surface area contributed by atoms with Gasteiger partial charge in [-0.25, -0.2) is 9.78 Å². The lowest BCUT2D eigenvalue weighted by Gasteiger charge is -2.17. The number of hydrogen-bond donors (Lipinski definition) is 1. The summed E-state index contributed by atoms with van der Waals surface area (Å²) in [5.74, 6) is -0.819. The highest BCUT2D eigenvalue weighted by molar-refractivity contribution is 6.09. The summed E-state index contributed by atoms with van der Waals surface area (Å²) in [6, 6.07) is 3.74. The number of alkyl halides is 3. The van der Waals surface area contributed by atoms with Crippen LogP contribution in [0.15, 0.2) is 40.1 Å². The Hall–Kier alpha value is -3.43. The van der Waals surface area contributed by atoms with Crippen molar-refractivity contribution in [3.8, 4) is 0 Å². The van der Waals surface area contributed by atoms with Crippen molar-refractivity contribution in [1.82, 2.24) is 14.1 Å². The van der Waals surface area contributed by atoms with Crippen LogP contribution in [0.2, 0.25) is 0 Å². The van der Waals surface area contributed by atoms with Crippen LogP contribution in [0.25, 0.3) is 11.0 Å². The zero-order valence-electron chi connectivity index (χ0n) is 16.7. The fourth-order valence-corrected chi connectivity index (χ4v) is 3.11. The number of amides is 1. The number of benzene rings is 1. The lowest BCUT2D eigenvalue weighted by molar-refractivity contribution is -0.137. The average Bonchev–Trinajstić information content (AvgIpc) is 2.69. The minimum absolute atomic E-state index is 0.00990. The van der Waals surface area contributed by atoms with E-state index in [0.29, 0.717) is 5.56 Å². The van der Waals surface area contributed by atoms with Crippen LogP contribution in [0.4, 0.5) is 18.9 Å². The molecule has 0 atom stereocenters. The summed E-state index contributed by atoms with van der Waals surface area (Å²) in [7, 11) is 2.77. The maximum absolute atomic E-state index is 12.8. The van der Waals surface area contributed by atoms with E-state index in [2.05, 4.69) is 10.3 Å². The normalized spacial score (nSPS) is 11.9. The minimum Gasteiger partial charge on any atom is -0.321 e. The van der Waals surface area contributed by atoms with Crippen molar-refractivity contribution < 1.29 is 18.0 Å². The first-order valence-electron chi connectivity index (χ1n) is 9.00.